The molecule has 72 valence electrons. The van der Waals surface area contributed by atoms with Gasteiger partial charge in [-0.15, -0.1) is 0 Å². The Kier molecular flexibility index (Phi) is 2.64. The lowest BCUT2D eigenvalue weighted by Crippen LogP contribution is -2.07. The van der Waals surface area contributed by atoms with Crippen molar-refractivity contribution in [3.05, 3.63) is 35.1 Å². The smallest absolute Gasteiger partial charge is 0.207 e. The third kappa shape index (κ3) is 2.23. The van der Waals surface area contributed by atoms with E-state index in [-0.39, 0.29) is 5.56 Å². The summed E-state index contributed by atoms with van der Waals surface area (Å²) in [5.41, 5.74) is 0.190. The highest BCUT2D eigenvalue weighted by Crippen LogP contribution is 2.28. The molecule has 1 aromatic rings. The molecule has 13 heavy (non-hydrogen) atoms. The number of alkyl halides is 2. The van der Waals surface area contributed by atoms with Crippen molar-refractivity contribution >= 4 is 0 Å². The molecule has 0 nitrogen and oxygen atoms in total. The normalized spacial score (nSPS) is 11.8. The van der Waals surface area contributed by atoms with Gasteiger partial charge in [-0.25, -0.2) is 13.2 Å². The minimum Gasteiger partial charge on any atom is -0.207 e. The van der Waals surface area contributed by atoms with Crippen LogP contribution in [-0.4, -0.2) is 0 Å². The molecule has 0 heterocycles. The van der Waals surface area contributed by atoms with E-state index in [9.17, 15) is 13.2 Å². The average Bonchev–Trinajstić information content (AvgIpc) is 2.02. The highest BCUT2D eigenvalue weighted by Gasteiger charge is 2.24. The predicted octanol–water partition coefficient (Wildman–Crippen LogP) is 3.50. The summed E-state index contributed by atoms with van der Waals surface area (Å²) < 4.78 is 38.5. The zero-order chi connectivity index (χ0) is 10.1. The minimum atomic E-state index is -2.97. The maximum Gasteiger partial charge on any atom is 0.270 e. The fourth-order valence-electron chi connectivity index (χ4n) is 1.11. The van der Waals surface area contributed by atoms with Gasteiger partial charge in [0.1, 0.15) is 5.82 Å². The fourth-order valence-corrected chi connectivity index (χ4v) is 1.11. The van der Waals surface area contributed by atoms with Crippen molar-refractivity contribution < 1.29 is 13.2 Å². The monoisotopic (exact) mass is 188 g/mol. The zero-order valence-corrected chi connectivity index (χ0v) is 7.57. The summed E-state index contributed by atoms with van der Waals surface area (Å²) in [5, 5.41) is 0. The Morgan fingerprint density at radius 3 is 2.31 bits per heavy atom. The summed E-state index contributed by atoms with van der Waals surface area (Å²) in [5.74, 6) is -3.52. The molecule has 0 aliphatic heterocycles. The van der Waals surface area contributed by atoms with Crippen molar-refractivity contribution in [1.82, 2.24) is 0 Å². The van der Waals surface area contributed by atoms with E-state index in [2.05, 4.69) is 0 Å². The van der Waals surface area contributed by atoms with Crippen LogP contribution in [0.5, 0.6) is 0 Å². The molecule has 0 fully saturated rings. The number of hydrogen-bond donors (Lipinski definition) is 0. The second-order valence-electron chi connectivity index (χ2n) is 3.05. The summed E-state index contributed by atoms with van der Waals surface area (Å²) in [4.78, 5) is 0. The van der Waals surface area contributed by atoms with Crippen LogP contribution in [0.1, 0.15) is 25.0 Å². The molecule has 0 bridgehead atoms. The SMILES string of the molecule is CCc1ccc(C(C)(F)F)cc1F. The molecule has 0 N–H and O–H groups in total. The molecule has 0 unspecified atom stereocenters. The summed E-state index contributed by atoms with van der Waals surface area (Å²) in [6, 6.07) is 3.57. The third-order valence-electron chi connectivity index (χ3n) is 1.94. The molecule has 0 aromatic heterocycles. The second-order valence-corrected chi connectivity index (χ2v) is 3.05. The van der Waals surface area contributed by atoms with Crippen LogP contribution >= 0.6 is 0 Å². The van der Waals surface area contributed by atoms with Gasteiger partial charge in [-0.05, 0) is 18.1 Å². The topological polar surface area (TPSA) is 0 Å². The van der Waals surface area contributed by atoms with Crippen molar-refractivity contribution in [3.63, 3.8) is 0 Å². The Hall–Kier alpha value is -0.990. The lowest BCUT2D eigenvalue weighted by molar-refractivity contribution is 0.0171. The van der Waals surface area contributed by atoms with Gasteiger partial charge in [0.15, 0.2) is 0 Å². The predicted molar refractivity (Wildman–Crippen MR) is 45.3 cm³/mol. The van der Waals surface area contributed by atoms with E-state index in [4.69, 9.17) is 0 Å². The Balaban J connectivity index is 3.10. The number of benzene rings is 1. The highest BCUT2D eigenvalue weighted by molar-refractivity contribution is 5.26. The largest absolute Gasteiger partial charge is 0.270 e. The van der Waals surface area contributed by atoms with Gasteiger partial charge in [-0.3, -0.25) is 0 Å². The van der Waals surface area contributed by atoms with Gasteiger partial charge in [0, 0.05) is 12.5 Å². The molecule has 3 heteroatoms. The number of aryl methyl sites for hydroxylation is 1. The minimum absolute atomic E-state index is 0.276. The van der Waals surface area contributed by atoms with Gasteiger partial charge in [-0.1, -0.05) is 19.1 Å². The van der Waals surface area contributed by atoms with Gasteiger partial charge in [0.25, 0.3) is 5.92 Å². The van der Waals surface area contributed by atoms with E-state index >= 15 is 0 Å². The quantitative estimate of drug-likeness (QED) is 0.666. The summed E-state index contributed by atoms with van der Waals surface area (Å²) in [7, 11) is 0. The van der Waals surface area contributed by atoms with Crippen LogP contribution in [0, 0.1) is 5.82 Å². The Labute approximate surface area is 75.4 Å². The van der Waals surface area contributed by atoms with Crippen LogP contribution in [0.25, 0.3) is 0 Å². The average molecular weight is 188 g/mol. The summed E-state index contributed by atoms with van der Waals surface area (Å²) >= 11 is 0. The highest BCUT2D eigenvalue weighted by atomic mass is 19.3. The molecular weight excluding hydrogens is 177 g/mol. The van der Waals surface area contributed by atoms with E-state index in [0.717, 1.165) is 13.0 Å². The standard InChI is InChI=1S/C10H11F3/c1-3-7-4-5-8(6-9(7)11)10(2,12)13/h4-6H,3H2,1-2H3. The third-order valence-corrected chi connectivity index (χ3v) is 1.94. The molecule has 0 saturated carbocycles. The van der Waals surface area contributed by atoms with Gasteiger partial charge in [0.05, 0.1) is 0 Å². The molecule has 0 amide bonds. The molecular formula is C10H11F3. The second kappa shape index (κ2) is 3.40. The molecule has 0 aliphatic carbocycles. The Morgan fingerprint density at radius 2 is 1.92 bits per heavy atom. The van der Waals surface area contributed by atoms with Crippen LogP contribution in [0.3, 0.4) is 0 Å². The lowest BCUT2D eigenvalue weighted by Gasteiger charge is -2.11. The van der Waals surface area contributed by atoms with Crippen molar-refractivity contribution in [2.75, 3.05) is 0 Å². The van der Waals surface area contributed by atoms with Crippen LogP contribution in [0.15, 0.2) is 18.2 Å². The number of hydrogen-bond acceptors (Lipinski definition) is 0. The van der Waals surface area contributed by atoms with Gasteiger partial charge >= 0.3 is 0 Å². The molecule has 1 rings (SSSR count). The van der Waals surface area contributed by atoms with Crippen LogP contribution < -0.4 is 0 Å². The maximum absolute atomic E-state index is 13.0. The van der Waals surface area contributed by atoms with Gasteiger partial charge in [0.2, 0.25) is 0 Å². The van der Waals surface area contributed by atoms with Crippen molar-refractivity contribution in [3.8, 4) is 0 Å². The first-order valence-corrected chi connectivity index (χ1v) is 4.12. The first kappa shape index (κ1) is 10.1. The molecule has 1 aromatic carbocycles. The van der Waals surface area contributed by atoms with Crippen molar-refractivity contribution in [2.24, 2.45) is 0 Å². The molecule has 0 spiro atoms. The van der Waals surface area contributed by atoms with E-state index in [1.807, 2.05) is 0 Å². The Morgan fingerprint density at radius 1 is 1.31 bits per heavy atom. The van der Waals surface area contributed by atoms with E-state index in [1.54, 1.807) is 6.92 Å². The fraction of sp³-hybridized carbons (Fsp3) is 0.400. The molecule has 0 aliphatic rings. The first-order chi connectivity index (χ1) is 5.95. The molecule has 0 radical (unpaired) electrons. The first-order valence-electron chi connectivity index (χ1n) is 4.12. The summed E-state index contributed by atoms with van der Waals surface area (Å²) in [6.45, 7) is 2.54. The van der Waals surface area contributed by atoms with E-state index in [1.165, 1.54) is 12.1 Å². The molecule has 0 saturated heterocycles. The van der Waals surface area contributed by atoms with Crippen LogP contribution in [0.2, 0.25) is 0 Å². The van der Waals surface area contributed by atoms with Gasteiger partial charge < -0.3 is 0 Å². The van der Waals surface area contributed by atoms with Crippen molar-refractivity contribution in [2.45, 2.75) is 26.2 Å². The van der Waals surface area contributed by atoms with E-state index in [0.29, 0.717) is 12.0 Å². The van der Waals surface area contributed by atoms with Gasteiger partial charge in [-0.2, -0.15) is 0 Å². The summed E-state index contributed by atoms with van der Waals surface area (Å²) in [6.07, 6.45) is 0.515. The Bertz CT molecular complexity index is 300. The number of halogens is 3. The van der Waals surface area contributed by atoms with Crippen LogP contribution in [0.4, 0.5) is 13.2 Å². The van der Waals surface area contributed by atoms with Crippen molar-refractivity contribution in [1.29, 1.82) is 0 Å². The lowest BCUT2D eigenvalue weighted by atomic mass is 10.1. The number of rotatable bonds is 2. The maximum atomic E-state index is 13.0. The molecule has 0 atom stereocenters. The van der Waals surface area contributed by atoms with E-state index < -0.39 is 11.7 Å². The zero-order valence-electron chi connectivity index (χ0n) is 7.57. The van der Waals surface area contributed by atoms with Crippen LogP contribution in [-0.2, 0) is 12.3 Å².